The van der Waals surface area contributed by atoms with Gasteiger partial charge in [0.05, 0.1) is 11.3 Å². The smallest absolute Gasteiger partial charge is 0.255 e. The molecule has 0 spiro atoms. The van der Waals surface area contributed by atoms with Gasteiger partial charge < -0.3 is 4.98 Å². The molecule has 134 valence electrons. The summed E-state index contributed by atoms with van der Waals surface area (Å²) in [5, 5.41) is 0. The Labute approximate surface area is 157 Å². The zero-order valence-electron chi connectivity index (χ0n) is 15.0. The number of aromatic amines is 1. The largest absolute Gasteiger partial charge is 0.310 e. The van der Waals surface area contributed by atoms with E-state index in [0.717, 1.165) is 49.4 Å². The van der Waals surface area contributed by atoms with E-state index in [2.05, 4.69) is 58.2 Å². The number of fused-ring (bicyclic) bond motifs is 1. The first-order chi connectivity index (χ1) is 12.7. The molecule has 4 rings (SSSR count). The van der Waals surface area contributed by atoms with Crippen molar-refractivity contribution in [3.8, 4) is 10.4 Å². The number of benzene rings is 1. The van der Waals surface area contributed by atoms with Crippen LogP contribution in [-0.2, 0) is 25.9 Å². The minimum atomic E-state index is 0.0410. The van der Waals surface area contributed by atoms with E-state index >= 15 is 0 Å². The highest BCUT2D eigenvalue weighted by molar-refractivity contribution is 7.15. The Kier molecular flexibility index (Phi) is 5.00. The van der Waals surface area contributed by atoms with Crippen LogP contribution in [0.15, 0.2) is 47.3 Å². The molecule has 1 aliphatic heterocycles. The molecule has 0 amide bonds. The van der Waals surface area contributed by atoms with Crippen LogP contribution >= 0.6 is 11.3 Å². The number of H-pyrrole nitrogens is 1. The first-order valence-electron chi connectivity index (χ1n) is 9.20. The van der Waals surface area contributed by atoms with Crippen LogP contribution in [0.1, 0.15) is 35.3 Å². The van der Waals surface area contributed by atoms with Crippen LogP contribution in [0.2, 0.25) is 0 Å². The molecule has 1 N–H and O–H groups in total. The summed E-state index contributed by atoms with van der Waals surface area (Å²) in [6, 6.07) is 14.9. The van der Waals surface area contributed by atoms with E-state index < -0.39 is 0 Å². The van der Waals surface area contributed by atoms with Gasteiger partial charge in [-0.15, -0.1) is 11.3 Å². The zero-order valence-corrected chi connectivity index (χ0v) is 15.8. The lowest BCUT2D eigenvalue weighted by Gasteiger charge is -2.27. The zero-order chi connectivity index (χ0) is 17.9. The fourth-order valence-corrected chi connectivity index (χ4v) is 4.52. The molecule has 0 aliphatic carbocycles. The lowest BCUT2D eigenvalue weighted by molar-refractivity contribution is 0.243. The summed E-state index contributed by atoms with van der Waals surface area (Å²) in [4.78, 5) is 25.0. The summed E-state index contributed by atoms with van der Waals surface area (Å²) >= 11 is 1.83. The molecule has 0 fully saturated rings. The first kappa shape index (κ1) is 17.2. The van der Waals surface area contributed by atoms with E-state index in [4.69, 9.17) is 0 Å². The monoisotopic (exact) mass is 365 g/mol. The van der Waals surface area contributed by atoms with Gasteiger partial charge in [0.2, 0.25) is 0 Å². The van der Waals surface area contributed by atoms with Crippen LogP contribution in [0, 0.1) is 0 Å². The Morgan fingerprint density at radius 1 is 1.19 bits per heavy atom. The first-order valence-corrected chi connectivity index (χ1v) is 10.0. The number of thiophene rings is 1. The topological polar surface area (TPSA) is 49.0 Å². The van der Waals surface area contributed by atoms with E-state index in [-0.39, 0.29) is 5.56 Å². The fourth-order valence-electron chi connectivity index (χ4n) is 3.46. The Bertz CT molecular complexity index is 945. The van der Waals surface area contributed by atoms with E-state index in [1.807, 2.05) is 17.4 Å². The standard InChI is InChI=1S/C21H23N3OS/c1-2-6-20-22-18-11-12-24(14-17(18)21(25)23-20)13-16-9-10-19(26-16)15-7-4-3-5-8-15/h3-5,7-10H,2,6,11-14H2,1H3,(H,22,23,25). The summed E-state index contributed by atoms with van der Waals surface area (Å²) in [6.45, 7) is 4.62. The number of nitrogens with zero attached hydrogens (tertiary/aromatic N) is 2. The molecule has 0 bridgehead atoms. The van der Waals surface area contributed by atoms with Crippen molar-refractivity contribution in [1.29, 1.82) is 0 Å². The minimum absolute atomic E-state index is 0.0410. The average molecular weight is 366 g/mol. The molecular weight excluding hydrogens is 342 g/mol. The lowest BCUT2D eigenvalue weighted by Crippen LogP contribution is -2.35. The van der Waals surface area contributed by atoms with Crippen LogP contribution < -0.4 is 5.56 Å². The molecule has 4 nitrogen and oxygen atoms in total. The van der Waals surface area contributed by atoms with Crippen molar-refractivity contribution >= 4 is 11.3 Å². The van der Waals surface area contributed by atoms with Gasteiger partial charge in [-0.25, -0.2) is 4.98 Å². The summed E-state index contributed by atoms with van der Waals surface area (Å²) in [7, 11) is 0. The number of aryl methyl sites for hydroxylation is 1. The molecule has 3 aromatic rings. The van der Waals surface area contributed by atoms with Gasteiger partial charge in [-0.2, -0.15) is 0 Å². The molecule has 0 radical (unpaired) electrons. The van der Waals surface area contributed by atoms with E-state index in [1.54, 1.807) is 0 Å². The Hall–Kier alpha value is -2.24. The molecular formula is C21H23N3OS. The number of aromatic nitrogens is 2. The summed E-state index contributed by atoms with van der Waals surface area (Å²) in [5.41, 5.74) is 3.14. The highest BCUT2D eigenvalue weighted by atomic mass is 32.1. The second-order valence-corrected chi connectivity index (χ2v) is 7.95. The predicted octanol–water partition coefficient (Wildman–Crippen LogP) is 4.01. The third-order valence-electron chi connectivity index (χ3n) is 4.78. The number of hydrogen-bond donors (Lipinski definition) is 1. The van der Waals surface area contributed by atoms with E-state index in [1.165, 1.54) is 15.3 Å². The summed E-state index contributed by atoms with van der Waals surface area (Å²) in [6.07, 6.45) is 2.69. The Morgan fingerprint density at radius 3 is 2.85 bits per heavy atom. The van der Waals surface area contributed by atoms with Crippen molar-refractivity contribution in [3.63, 3.8) is 0 Å². The van der Waals surface area contributed by atoms with Crippen LogP contribution in [-0.4, -0.2) is 21.4 Å². The normalized spacial score (nSPS) is 14.3. The lowest BCUT2D eigenvalue weighted by atomic mass is 10.1. The molecule has 26 heavy (non-hydrogen) atoms. The molecule has 1 aliphatic rings. The van der Waals surface area contributed by atoms with Crippen molar-refractivity contribution in [3.05, 3.63) is 74.8 Å². The Morgan fingerprint density at radius 2 is 2.04 bits per heavy atom. The van der Waals surface area contributed by atoms with Crippen LogP contribution in [0.5, 0.6) is 0 Å². The van der Waals surface area contributed by atoms with Crippen molar-refractivity contribution in [2.45, 2.75) is 39.3 Å². The minimum Gasteiger partial charge on any atom is -0.310 e. The molecule has 0 saturated carbocycles. The fraction of sp³-hybridized carbons (Fsp3) is 0.333. The van der Waals surface area contributed by atoms with Crippen molar-refractivity contribution in [2.75, 3.05) is 6.54 Å². The predicted molar refractivity (Wildman–Crippen MR) is 106 cm³/mol. The molecule has 0 unspecified atom stereocenters. The van der Waals surface area contributed by atoms with Crippen LogP contribution in [0.25, 0.3) is 10.4 Å². The highest BCUT2D eigenvalue weighted by Gasteiger charge is 2.21. The van der Waals surface area contributed by atoms with Gasteiger partial charge >= 0.3 is 0 Å². The van der Waals surface area contributed by atoms with Gasteiger partial charge in [0.15, 0.2) is 0 Å². The van der Waals surface area contributed by atoms with Crippen LogP contribution in [0.4, 0.5) is 0 Å². The SMILES string of the molecule is CCCc1nc2c(c(=O)[nH]1)CN(Cc1ccc(-c3ccccc3)s1)CC2. The average Bonchev–Trinajstić information content (AvgIpc) is 3.12. The van der Waals surface area contributed by atoms with Gasteiger partial charge in [0.25, 0.3) is 5.56 Å². The number of rotatable bonds is 5. The molecule has 5 heteroatoms. The number of nitrogens with one attached hydrogen (secondary N) is 1. The van der Waals surface area contributed by atoms with Gasteiger partial charge in [0.1, 0.15) is 5.82 Å². The van der Waals surface area contributed by atoms with Gasteiger partial charge in [-0.3, -0.25) is 9.69 Å². The van der Waals surface area contributed by atoms with Crippen molar-refractivity contribution in [2.24, 2.45) is 0 Å². The Balaban J connectivity index is 1.48. The maximum Gasteiger partial charge on any atom is 0.255 e. The van der Waals surface area contributed by atoms with E-state index in [9.17, 15) is 4.79 Å². The maximum absolute atomic E-state index is 12.4. The highest BCUT2D eigenvalue weighted by Crippen LogP contribution is 2.29. The van der Waals surface area contributed by atoms with Gasteiger partial charge in [-0.05, 0) is 24.1 Å². The molecule has 3 heterocycles. The summed E-state index contributed by atoms with van der Waals surface area (Å²) in [5.74, 6) is 0.829. The third kappa shape index (κ3) is 3.64. The van der Waals surface area contributed by atoms with Gasteiger partial charge in [0, 0.05) is 42.2 Å². The second kappa shape index (κ2) is 7.56. The van der Waals surface area contributed by atoms with Gasteiger partial charge in [-0.1, -0.05) is 37.3 Å². The van der Waals surface area contributed by atoms with Crippen molar-refractivity contribution in [1.82, 2.24) is 14.9 Å². The summed E-state index contributed by atoms with van der Waals surface area (Å²) < 4.78 is 0. The quantitative estimate of drug-likeness (QED) is 0.743. The second-order valence-electron chi connectivity index (χ2n) is 6.78. The molecule has 2 aromatic heterocycles. The maximum atomic E-state index is 12.4. The molecule has 1 aromatic carbocycles. The molecule has 0 atom stereocenters. The number of hydrogen-bond acceptors (Lipinski definition) is 4. The van der Waals surface area contributed by atoms with Crippen molar-refractivity contribution < 1.29 is 0 Å². The third-order valence-corrected chi connectivity index (χ3v) is 5.90. The van der Waals surface area contributed by atoms with Crippen LogP contribution in [0.3, 0.4) is 0 Å². The van der Waals surface area contributed by atoms with E-state index in [0.29, 0.717) is 6.54 Å². The molecule has 0 saturated heterocycles.